The van der Waals surface area contributed by atoms with Crippen molar-refractivity contribution in [2.75, 3.05) is 38.0 Å². The number of carbonyl (C=O) groups is 2. The first kappa shape index (κ1) is 29.8. The van der Waals surface area contributed by atoms with Crippen LogP contribution in [0.2, 0.25) is 0 Å². The number of carbonyl (C=O) groups excluding carboxylic acids is 2. The molecule has 230 valence electrons. The quantitative estimate of drug-likeness (QED) is 0.251. The lowest BCUT2D eigenvalue weighted by Gasteiger charge is -2.31. The largest absolute Gasteiger partial charge is 0.446 e. The Balaban J connectivity index is 0.923. The Morgan fingerprint density at radius 3 is 2.36 bits per heavy atom. The van der Waals surface area contributed by atoms with Crippen molar-refractivity contribution in [3.8, 4) is 11.1 Å². The number of hydrogen-bond donors (Lipinski definition) is 2. The molecule has 2 aliphatic rings. The third kappa shape index (κ3) is 7.46. The second kappa shape index (κ2) is 14.1. The highest BCUT2D eigenvalue weighted by Gasteiger charge is 2.24. The van der Waals surface area contributed by atoms with Gasteiger partial charge < -0.3 is 15.4 Å². The number of hydrogen-bond acceptors (Lipinski definition) is 6. The van der Waals surface area contributed by atoms with Crippen LogP contribution in [0.15, 0.2) is 79.0 Å². The number of para-hydroxylation sites is 1. The summed E-state index contributed by atoms with van der Waals surface area (Å²) in [6.45, 7) is 6.38. The minimum Gasteiger partial charge on any atom is -0.446 e. The molecule has 9 heteroatoms. The summed E-state index contributed by atoms with van der Waals surface area (Å²) >= 11 is 0. The summed E-state index contributed by atoms with van der Waals surface area (Å²) < 4.78 is 7.91. The zero-order valence-corrected chi connectivity index (χ0v) is 25.2. The number of nitrogens with zero attached hydrogens (tertiary/aromatic N) is 4. The van der Waals surface area contributed by atoms with Gasteiger partial charge in [0.25, 0.3) is 0 Å². The van der Waals surface area contributed by atoms with Gasteiger partial charge in [0.1, 0.15) is 6.10 Å². The summed E-state index contributed by atoms with van der Waals surface area (Å²) in [5.74, 6) is -0.147. The van der Waals surface area contributed by atoms with Gasteiger partial charge in [0.15, 0.2) is 0 Å². The number of aryl methyl sites for hydroxylation is 1. The number of rotatable bonds is 10. The fraction of sp³-hybridized carbons (Fsp3) is 0.400. The third-order valence-corrected chi connectivity index (χ3v) is 9.00. The molecule has 1 aromatic heterocycles. The molecule has 2 aliphatic heterocycles. The van der Waals surface area contributed by atoms with Crippen molar-refractivity contribution in [2.45, 2.75) is 51.3 Å². The Hall–Kier alpha value is -4.21. The summed E-state index contributed by atoms with van der Waals surface area (Å²) in [4.78, 5) is 29.0. The Morgan fingerprint density at radius 1 is 0.864 bits per heavy atom. The number of amides is 2. The van der Waals surface area contributed by atoms with Crippen molar-refractivity contribution in [1.82, 2.24) is 19.6 Å². The van der Waals surface area contributed by atoms with Crippen molar-refractivity contribution < 1.29 is 14.3 Å². The first-order valence-corrected chi connectivity index (χ1v) is 15.8. The lowest BCUT2D eigenvalue weighted by atomic mass is 9.96. The van der Waals surface area contributed by atoms with Crippen LogP contribution in [0, 0.1) is 5.92 Å². The van der Waals surface area contributed by atoms with Crippen LogP contribution < -0.4 is 11.1 Å². The summed E-state index contributed by atoms with van der Waals surface area (Å²) in [7, 11) is 0. The van der Waals surface area contributed by atoms with E-state index in [-0.39, 0.29) is 17.9 Å². The van der Waals surface area contributed by atoms with Gasteiger partial charge in [0.05, 0.1) is 17.4 Å². The van der Waals surface area contributed by atoms with E-state index in [9.17, 15) is 9.59 Å². The van der Waals surface area contributed by atoms with Gasteiger partial charge in [0.2, 0.25) is 5.91 Å². The number of primary amides is 1. The average molecular weight is 595 g/mol. The normalized spacial score (nSPS) is 17.1. The molecule has 0 radical (unpaired) electrons. The van der Waals surface area contributed by atoms with E-state index >= 15 is 0 Å². The van der Waals surface area contributed by atoms with E-state index < -0.39 is 6.09 Å². The molecule has 44 heavy (non-hydrogen) atoms. The first-order chi connectivity index (χ1) is 21.5. The number of aromatic nitrogens is 2. The lowest BCUT2D eigenvalue weighted by Crippen LogP contribution is -2.39. The second-order valence-corrected chi connectivity index (χ2v) is 12.1. The number of anilines is 1. The van der Waals surface area contributed by atoms with Crippen LogP contribution in [0.5, 0.6) is 0 Å². The molecular weight excluding hydrogens is 552 g/mol. The van der Waals surface area contributed by atoms with E-state index in [1.54, 1.807) is 0 Å². The molecule has 2 fully saturated rings. The van der Waals surface area contributed by atoms with E-state index in [0.29, 0.717) is 0 Å². The topological polar surface area (TPSA) is 106 Å². The number of ether oxygens (including phenoxy) is 1. The van der Waals surface area contributed by atoms with Crippen molar-refractivity contribution in [2.24, 2.45) is 11.7 Å². The molecular formula is C35H42N6O3. The van der Waals surface area contributed by atoms with Crippen LogP contribution in [0.3, 0.4) is 0 Å². The van der Waals surface area contributed by atoms with Crippen molar-refractivity contribution >= 4 is 28.6 Å². The third-order valence-electron chi connectivity index (χ3n) is 9.00. The van der Waals surface area contributed by atoms with Crippen LogP contribution in [0.1, 0.15) is 37.7 Å². The van der Waals surface area contributed by atoms with E-state index in [0.717, 1.165) is 106 Å². The van der Waals surface area contributed by atoms with Gasteiger partial charge in [-0.2, -0.15) is 5.10 Å². The average Bonchev–Trinajstić information content (AvgIpc) is 3.45. The summed E-state index contributed by atoms with van der Waals surface area (Å²) in [5.41, 5.74) is 10.7. The summed E-state index contributed by atoms with van der Waals surface area (Å²) in [5, 5.41) is 8.79. The maximum atomic E-state index is 12.7. The van der Waals surface area contributed by atoms with Crippen LogP contribution in [0.25, 0.3) is 22.0 Å². The monoisotopic (exact) mass is 594 g/mol. The number of likely N-dealkylation sites (tertiary alicyclic amines) is 2. The van der Waals surface area contributed by atoms with Crippen LogP contribution in [-0.4, -0.2) is 70.4 Å². The number of benzene rings is 3. The highest BCUT2D eigenvalue weighted by Crippen LogP contribution is 2.28. The van der Waals surface area contributed by atoms with Gasteiger partial charge >= 0.3 is 6.09 Å². The standard InChI is InChI=1S/C35H42N6O3/c36-34(42)28-13-19-40(20-14-28)25-26-11-12-33-29(23-26)24-37-41(33)18-6-17-39-21-15-30(16-22-39)44-35(43)38-32-10-5-4-9-31(32)27-7-2-1-3-8-27/h1-5,7-12,23-24,28,30H,6,13-22,25H2,(H2,36,42)(H,38,43). The number of piperidine rings is 2. The van der Waals surface area contributed by atoms with E-state index in [4.69, 9.17) is 10.5 Å². The lowest BCUT2D eigenvalue weighted by molar-refractivity contribution is -0.123. The molecule has 3 N–H and O–H groups in total. The van der Waals surface area contributed by atoms with Crippen molar-refractivity contribution in [3.63, 3.8) is 0 Å². The molecule has 3 aromatic carbocycles. The predicted molar refractivity (Wildman–Crippen MR) is 173 cm³/mol. The van der Waals surface area contributed by atoms with Gasteiger partial charge in [-0.1, -0.05) is 54.6 Å². The molecule has 0 atom stereocenters. The number of nitrogens with two attached hydrogens (primary N) is 1. The highest BCUT2D eigenvalue weighted by molar-refractivity contribution is 5.91. The van der Waals surface area contributed by atoms with Crippen LogP contribution in [-0.2, 0) is 22.6 Å². The maximum Gasteiger partial charge on any atom is 0.411 e. The Kier molecular flexibility index (Phi) is 9.53. The molecule has 6 rings (SSSR count). The maximum absolute atomic E-state index is 12.7. The molecule has 0 unspecified atom stereocenters. The van der Waals surface area contributed by atoms with Gasteiger partial charge in [0, 0.05) is 43.0 Å². The summed E-state index contributed by atoms with van der Waals surface area (Å²) in [6, 6.07) is 24.5. The van der Waals surface area contributed by atoms with E-state index in [1.165, 1.54) is 5.56 Å². The number of nitrogens with one attached hydrogen (secondary N) is 1. The minimum atomic E-state index is -0.395. The van der Waals surface area contributed by atoms with Gasteiger partial charge in [-0.15, -0.1) is 0 Å². The van der Waals surface area contributed by atoms with Crippen LogP contribution in [0.4, 0.5) is 10.5 Å². The van der Waals surface area contributed by atoms with Crippen molar-refractivity contribution in [3.05, 3.63) is 84.6 Å². The second-order valence-electron chi connectivity index (χ2n) is 12.1. The fourth-order valence-electron chi connectivity index (χ4n) is 6.49. The molecule has 3 heterocycles. The Bertz CT molecular complexity index is 1560. The predicted octanol–water partition coefficient (Wildman–Crippen LogP) is 5.50. The van der Waals surface area contributed by atoms with Gasteiger partial charge in [-0.25, -0.2) is 4.79 Å². The molecule has 0 spiro atoms. The molecule has 0 aliphatic carbocycles. The summed E-state index contributed by atoms with van der Waals surface area (Å²) in [6.07, 6.45) is 5.87. The molecule has 4 aromatic rings. The first-order valence-electron chi connectivity index (χ1n) is 15.8. The van der Waals surface area contributed by atoms with E-state index in [2.05, 4.69) is 43.1 Å². The molecule has 2 amide bonds. The Labute approximate surface area is 259 Å². The van der Waals surface area contributed by atoms with Gasteiger partial charge in [-0.05, 0) is 81.1 Å². The highest BCUT2D eigenvalue weighted by atomic mass is 16.6. The van der Waals surface area contributed by atoms with Crippen molar-refractivity contribution in [1.29, 1.82) is 0 Å². The zero-order chi connectivity index (χ0) is 30.3. The molecule has 2 saturated heterocycles. The molecule has 0 saturated carbocycles. The number of fused-ring (bicyclic) bond motifs is 1. The molecule has 9 nitrogen and oxygen atoms in total. The fourth-order valence-corrected chi connectivity index (χ4v) is 6.49. The van der Waals surface area contributed by atoms with Gasteiger partial charge in [-0.3, -0.25) is 19.7 Å². The Morgan fingerprint density at radius 2 is 1.59 bits per heavy atom. The zero-order valence-electron chi connectivity index (χ0n) is 25.2. The SMILES string of the molecule is NC(=O)C1CCN(Cc2ccc3c(cnn3CCCN3CCC(OC(=O)Nc4ccccc4-c4ccccc4)CC3)c2)CC1. The smallest absolute Gasteiger partial charge is 0.411 e. The van der Waals surface area contributed by atoms with Crippen LogP contribution >= 0.6 is 0 Å². The molecule has 0 bridgehead atoms. The minimum absolute atomic E-state index is 0.0206. The van der Waals surface area contributed by atoms with E-state index in [1.807, 2.05) is 60.8 Å².